The highest BCUT2D eigenvalue weighted by Crippen LogP contribution is 2.40. The monoisotopic (exact) mass is 339 g/mol. The quantitative estimate of drug-likeness (QED) is 0.804. The van der Waals surface area contributed by atoms with Gasteiger partial charge in [0, 0.05) is 24.4 Å². The number of carbonyl (C=O) groups is 1. The molecule has 1 aliphatic heterocycles. The van der Waals surface area contributed by atoms with E-state index in [2.05, 4.69) is 29.4 Å². The maximum atomic E-state index is 12.9. The largest absolute Gasteiger partial charge is 0.394 e. The lowest BCUT2D eigenvalue weighted by Gasteiger charge is -2.55. The molecule has 1 fully saturated rings. The number of likely N-dealkylation sites (N-methyl/N-ethyl adjacent to an activating group) is 1. The zero-order valence-electron chi connectivity index (χ0n) is 14.5. The topological polar surface area (TPSA) is 65.5 Å². The van der Waals surface area contributed by atoms with Gasteiger partial charge in [-0.2, -0.15) is 0 Å². The summed E-state index contributed by atoms with van der Waals surface area (Å²) < 4.78 is 0. The molecule has 2 aromatic rings. The Balaban J connectivity index is 1.80. The molecule has 3 rings (SSSR count). The molecule has 1 saturated heterocycles. The van der Waals surface area contributed by atoms with Crippen LogP contribution >= 0.6 is 0 Å². The summed E-state index contributed by atoms with van der Waals surface area (Å²) in [5.41, 5.74) is 1.93. The summed E-state index contributed by atoms with van der Waals surface area (Å²) in [5, 5.41) is 13.3. The number of pyridine rings is 1. The molecule has 0 saturated carbocycles. The Morgan fingerprint density at radius 1 is 1.16 bits per heavy atom. The van der Waals surface area contributed by atoms with Gasteiger partial charge in [-0.25, -0.2) is 0 Å². The van der Waals surface area contributed by atoms with E-state index < -0.39 is 0 Å². The second kappa shape index (κ2) is 8.23. The molecular formula is C20H25N3O2. The van der Waals surface area contributed by atoms with Gasteiger partial charge in [-0.3, -0.25) is 9.78 Å². The smallest absolute Gasteiger partial charge is 0.229 e. The average Bonchev–Trinajstić information content (AvgIpc) is 2.63. The van der Waals surface area contributed by atoms with E-state index in [4.69, 9.17) is 0 Å². The van der Waals surface area contributed by atoms with Crippen molar-refractivity contribution < 1.29 is 9.90 Å². The molecule has 1 aromatic heterocycles. The van der Waals surface area contributed by atoms with Crippen LogP contribution in [0.4, 0.5) is 0 Å². The lowest BCUT2D eigenvalue weighted by Crippen LogP contribution is -2.68. The summed E-state index contributed by atoms with van der Waals surface area (Å²) in [6.45, 7) is 3.60. The van der Waals surface area contributed by atoms with Crippen molar-refractivity contribution in [1.29, 1.82) is 0 Å². The molecule has 2 N–H and O–H groups in total. The number of likely N-dealkylation sites (tertiary alicyclic amines) is 1. The average molecular weight is 339 g/mol. The van der Waals surface area contributed by atoms with Gasteiger partial charge in [-0.15, -0.1) is 0 Å². The van der Waals surface area contributed by atoms with Gasteiger partial charge in [0.15, 0.2) is 0 Å². The van der Waals surface area contributed by atoms with Crippen molar-refractivity contribution in [2.75, 3.05) is 19.7 Å². The van der Waals surface area contributed by atoms with Gasteiger partial charge < -0.3 is 15.3 Å². The fourth-order valence-electron chi connectivity index (χ4n) is 3.70. The number of aliphatic hydroxyl groups excluding tert-OH is 1. The van der Waals surface area contributed by atoms with Gasteiger partial charge in [-0.1, -0.05) is 43.3 Å². The van der Waals surface area contributed by atoms with E-state index in [1.807, 2.05) is 41.3 Å². The maximum Gasteiger partial charge on any atom is 0.229 e. The van der Waals surface area contributed by atoms with E-state index >= 15 is 0 Å². The Labute approximate surface area is 148 Å². The van der Waals surface area contributed by atoms with Crippen molar-refractivity contribution in [3.8, 4) is 0 Å². The van der Waals surface area contributed by atoms with Crippen molar-refractivity contribution in [1.82, 2.24) is 15.2 Å². The van der Waals surface area contributed by atoms with E-state index in [1.165, 1.54) is 5.56 Å². The Bertz CT molecular complexity index is 678. The molecule has 132 valence electrons. The van der Waals surface area contributed by atoms with E-state index in [9.17, 15) is 9.90 Å². The molecule has 0 bridgehead atoms. The Kier molecular flexibility index (Phi) is 5.79. The number of aliphatic hydroxyl groups is 1. The van der Waals surface area contributed by atoms with Crippen molar-refractivity contribution in [2.45, 2.75) is 31.3 Å². The van der Waals surface area contributed by atoms with Gasteiger partial charge in [0.25, 0.3) is 0 Å². The Morgan fingerprint density at radius 2 is 1.92 bits per heavy atom. The van der Waals surface area contributed by atoms with Crippen LogP contribution < -0.4 is 5.32 Å². The third kappa shape index (κ3) is 3.72. The zero-order chi connectivity index (χ0) is 17.6. The summed E-state index contributed by atoms with van der Waals surface area (Å²) in [6.07, 6.45) is 1.96. The van der Waals surface area contributed by atoms with Crippen LogP contribution in [0.1, 0.15) is 24.1 Å². The van der Waals surface area contributed by atoms with Crippen LogP contribution in [0.2, 0.25) is 0 Å². The first kappa shape index (κ1) is 17.6. The van der Waals surface area contributed by atoms with Crippen molar-refractivity contribution in [3.05, 3.63) is 66.0 Å². The van der Waals surface area contributed by atoms with E-state index in [0.717, 1.165) is 18.8 Å². The van der Waals surface area contributed by atoms with Crippen molar-refractivity contribution in [3.63, 3.8) is 0 Å². The van der Waals surface area contributed by atoms with Crippen LogP contribution in [0.25, 0.3) is 0 Å². The van der Waals surface area contributed by atoms with Crippen molar-refractivity contribution in [2.24, 2.45) is 0 Å². The first-order chi connectivity index (χ1) is 12.3. The second-order valence-electron chi connectivity index (χ2n) is 6.36. The SMILES string of the molecule is CCNC[C@@H]1[C@@H](c2ccccc2)[C@@H](CO)N1C(=O)Cc1ccccn1. The molecule has 0 unspecified atom stereocenters. The molecule has 5 nitrogen and oxygen atoms in total. The highest BCUT2D eigenvalue weighted by molar-refractivity contribution is 5.80. The molecule has 1 aliphatic rings. The fraction of sp³-hybridized carbons (Fsp3) is 0.400. The number of amides is 1. The summed E-state index contributed by atoms with van der Waals surface area (Å²) in [5.74, 6) is 0.172. The highest BCUT2D eigenvalue weighted by Gasteiger charge is 2.50. The van der Waals surface area contributed by atoms with Crippen LogP contribution in [0.5, 0.6) is 0 Å². The third-order valence-electron chi connectivity index (χ3n) is 4.87. The molecule has 5 heteroatoms. The molecule has 0 radical (unpaired) electrons. The van der Waals surface area contributed by atoms with E-state index in [-0.39, 0.29) is 36.9 Å². The summed E-state index contributed by atoms with van der Waals surface area (Å²) in [7, 11) is 0. The number of nitrogens with zero attached hydrogens (tertiary/aromatic N) is 2. The first-order valence-corrected chi connectivity index (χ1v) is 8.83. The molecular weight excluding hydrogens is 314 g/mol. The summed E-state index contributed by atoms with van der Waals surface area (Å²) in [6, 6.07) is 15.6. The standard InChI is InChI=1S/C20H25N3O2/c1-2-21-13-17-20(15-8-4-3-5-9-15)18(14-24)23(17)19(25)12-16-10-6-7-11-22-16/h3-11,17-18,20-21,24H,2,12-14H2,1H3/t17-,18-,20-/m1/s1. The van der Waals surface area contributed by atoms with Crippen LogP contribution in [0.3, 0.4) is 0 Å². The Hall–Kier alpha value is -2.24. The molecule has 2 heterocycles. The minimum absolute atomic E-state index is 0.0211. The number of rotatable bonds is 7. The second-order valence-corrected chi connectivity index (χ2v) is 6.36. The van der Waals surface area contributed by atoms with Gasteiger partial charge in [0.1, 0.15) is 0 Å². The van der Waals surface area contributed by atoms with E-state index in [1.54, 1.807) is 6.20 Å². The lowest BCUT2D eigenvalue weighted by molar-refractivity contribution is -0.149. The Morgan fingerprint density at radius 3 is 2.56 bits per heavy atom. The van der Waals surface area contributed by atoms with Crippen LogP contribution in [0, 0.1) is 0 Å². The van der Waals surface area contributed by atoms with Gasteiger partial charge in [-0.05, 0) is 24.2 Å². The fourth-order valence-corrected chi connectivity index (χ4v) is 3.70. The molecule has 3 atom stereocenters. The normalized spacial score (nSPS) is 22.5. The zero-order valence-corrected chi connectivity index (χ0v) is 14.5. The van der Waals surface area contributed by atoms with Gasteiger partial charge in [0.05, 0.1) is 25.1 Å². The number of hydrogen-bond donors (Lipinski definition) is 2. The van der Waals surface area contributed by atoms with Gasteiger partial charge in [0.2, 0.25) is 5.91 Å². The van der Waals surface area contributed by atoms with Crippen molar-refractivity contribution >= 4 is 5.91 Å². The molecule has 0 aliphatic carbocycles. The molecule has 0 spiro atoms. The van der Waals surface area contributed by atoms with E-state index in [0.29, 0.717) is 0 Å². The summed E-state index contributed by atoms with van der Waals surface area (Å²) >= 11 is 0. The number of carbonyl (C=O) groups excluding carboxylic acids is 1. The summed E-state index contributed by atoms with van der Waals surface area (Å²) in [4.78, 5) is 19.0. The van der Waals surface area contributed by atoms with Gasteiger partial charge >= 0.3 is 0 Å². The molecule has 1 amide bonds. The number of hydrogen-bond acceptors (Lipinski definition) is 4. The highest BCUT2D eigenvalue weighted by atomic mass is 16.3. The van der Waals surface area contributed by atoms with Crippen LogP contribution in [0.15, 0.2) is 54.7 Å². The molecule has 1 aromatic carbocycles. The number of aromatic nitrogens is 1. The number of benzene rings is 1. The third-order valence-corrected chi connectivity index (χ3v) is 4.87. The first-order valence-electron chi connectivity index (χ1n) is 8.83. The minimum Gasteiger partial charge on any atom is -0.394 e. The predicted molar refractivity (Wildman–Crippen MR) is 97.2 cm³/mol. The molecule has 25 heavy (non-hydrogen) atoms. The predicted octanol–water partition coefficient (Wildman–Crippen LogP) is 1.59. The van der Waals surface area contributed by atoms with Crippen LogP contribution in [-0.2, 0) is 11.2 Å². The maximum absolute atomic E-state index is 12.9. The minimum atomic E-state index is -0.178. The van der Waals surface area contributed by atoms with Crippen LogP contribution in [-0.4, -0.2) is 52.7 Å². The lowest BCUT2D eigenvalue weighted by atomic mass is 9.74. The number of nitrogens with one attached hydrogen (secondary N) is 1.